The highest BCUT2D eigenvalue weighted by Gasteiger charge is 2.43. The van der Waals surface area contributed by atoms with E-state index in [0.717, 1.165) is 4.90 Å². The summed E-state index contributed by atoms with van der Waals surface area (Å²) in [5.41, 5.74) is 10.2. The lowest BCUT2D eigenvalue weighted by Gasteiger charge is -2.24. The molecule has 1 heterocycles. The predicted molar refractivity (Wildman–Crippen MR) is 71.5 cm³/mol. The number of nitrogens with zero attached hydrogens (tertiary/aromatic N) is 2. The topological polar surface area (TPSA) is 156 Å². The van der Waals surface area contributed by atoms with Crippen molar-refractivity contribution in [2.45, 2.75) is 30.6 Å². The summed E-state index contributed by atoms with van der Waals surface area (Å²) in [6.07, 6.45) is -0.223. The number of rotatable bonds is 7. The van der Waals surface area contributed by atoms with Gasteiger partial charge in [-0.15, -0.1) is 3.89 Å². The van der Waals surface area contributed by atoms with Crippen molar-refractivity contribution >= 4 is 28.1 Å². The molecule has 11 heteroatoms. The second-order valence-corrected chi connectivity index (χ2v) is 6.27. The lowest BCUT2D eigenvalue weighted by molar-refractivity contribution is -0.148. The maximum atomic E-state index is 12.9. The zero-order valence-electron chi connectivity index (χ0n) is 11.1. The zero-order valence-corrected chi connectivity index (χ0v) is 11.9. The smallest absolute Gasteiger partial charge is 0.326 e. The standard InChI is InChI=1S/C10H17FN4O5S/c11-21(19,20)6-4-8(16)15(5-6)7(9(17)18)2-1-3-14-10(12)13/h6-7H,1-5H2,(H,17,18)(H4,12,13,14). The van der Waals surface area contributed by atoms with Gasteiger partial charge in [0.25, 0.3) is 0 Å². The average Bonchev–Trinajstić information content (AvgIpc) is 2.70. The molecule has 9 nitrogen and oxygen atoms in total. The molecule has 0 aliphatic carbocycles. The van der Waals surface area contributed by atoms with E-state index >= 15 is 0 Å². The summed E-state index contributed by atoms with van der Waals surface area (Å²) in [6.45, 7) is -0.282. The molecule has 0 saturated carbocycles. The molecule has 1 rings (SSSR count). The Kier molecular flexibility index (Phi) is 5.47. The normalized spacial score (nSPS) is 20.3. The van der Waals surface area contributed by atoms with Crippen LogP contribution in [0.1, 0.15) is 19.3 Å². The SMILES string of the molecule is NC(N)=NCCCC(C(=O)O)N1CC(S(=O)(=O)F)CC1=O. The van der Waals surface area contributed by atoms with Crippen molar-refractivity contribution in [2.24, 2.45) is 16.5 Å². The number of carboxylic acid groups (broad SMARTS) is 1. The molecule has 0 spiro atoms. The van der Waals surface area contributed by atoms with E-state index < -0.39 is 46.4 Å². The van der Waals surface area contributed by atoms with Crippen LogP contribution in [0.3, 0.4) is 0 Å². The van der Waals surface area contributed by atoms with Gasteiger partial charge in [-0.05, 0) is 12.8 Å². The second kappa shape index (κ2) is 6.70. The zero-order chi connectivity index (χ0) is 16.2. The Morgan fingerprint density at radius 3 is 2.57 bits per heavy atom. The first-order valence-electron chi connectivity index (χ1n) is 6.14. The van der Waals surface area contributed by atoms with Gasteiger partial charge in [-0.1, -0.05) is 0 Å². The van der Waals surface area contributed by atoms with E-state index in [1.165, 1.54) is 0 Å². The molecular formula is C10H17FN4O5S. The van der Waals surface area contributed by atoms with Crippen molar-refractivity contribution in [2.75, 3.05) is 13.1 Å². The molecule has 120 valence electrons. The number of aliphatic imine (C=N–C) groups is 1. The molecule has 1 aliphatic heterocycles. The highest BCUT2D eigenvalue weighted by molar-refractivity contribution is 7.87. The highest BCUT2D eigenvalue weighted by Crippen LogP contribution is 2.23. The molecular weight excluding hydrogens is 307 g/mol. The summed E-state index contributed by atoms with van der Waals surface area (Å²) >= 11 is 0. The Labute approximate surface area is 121 Å². The molecule has 2 unspecified atom stereocenters. The summed E-state index contributed by atoms with van der Waals surface area (Å²) in [4.78, 5) is 27.4. The van der Waals surface area contributed by atoms with Crippen molar-refractivity contribution in [3.8, 4) is 0 Å². The summed E-state index contributed by atoms with van der Waals surface area (Å²) in [6, 6.07) is -1.22. The van der Waals surface area contributed by atoms with Gasteiger partial charge >= 0.3 is 16.2 Å². The van der Waals surface area contributed by atoms with Gasteiger partial charge in [-0.25, -0.2) is 4.79 Å². The van der Waals surface area contributed by atoms with Crippen LogP contribution in [-0.2, 0) is 19.8 Å². The maximum Gasteiger partial charge on any atom is 0.326 e. The minimum Gasteiger partial charge on any atom is -0.480 e. The fourth-order valence-corrected chi connectivity index (χ4v) is 2.77. The second-order valence-electron chi connectivity index (χ2n) is 4.65. The van der Waals surface area contributed by atoms with Gasteiger partial charge in [0, 0.05) is 19.5 Å². The fraction of sp³-hybridized carbons (Fsp3) is 0.700. The Hall–Kier alpha value is -1.91. The van der Waals surface area contributed by atoms with E-state index in [1.807, 2.05) is 0 Å². The number of hydrogen-bond acceptors (Lipinski definition) is 5. The first-order valence-corrected chi connectivity index (χ1v) is 7.58. The summed E-state index contributed by atoms with van der Waals surface area (Å²) in [5.74, 6) is -2.12. The Bertz CT molecular complexity index is 546. The van der Waals surface area contributed by atoms with Crippen molar-refractivity contribution in [1.29, 1.82) is 0 Å². The van der Waals surface area contributed by atoms with Crippen LogP contribution in [-0.4, -0.2) is 60.6 Å². The predicted octanol–water partition coefficient (Wildman–Crippen LogP) is -1.61. The third kappa shape index (κ3) is 4.85. The first kappa shape index (κ1) is 17.1. The third-order valence-corrected chi connectivity index (χ3v) is 4.22. The van der Waals surface area contributed by atoms with E-state index in [9.17, 15) is 21.9 Å². The van der Waals surface area contributed by atoms with Crippen molar-refractivity contribution in [1.82, 2.24) is 4.90 Å². The molecule has 1 amide bonds. The van der Waals surface area contributed by atoms with Crippen LogP contribution in [0.4, 0.5) is 3.89 Å². The van der Waals surface area contributed by atoms with Gasteiger partial charge in [0.1, 0.15) is 11.3 Å². The molecule has 1 aliphatic rings. The summed E-state index contributed by atoms with van der Waals surface area (Å²) < 4.78 is 34.5. The van der Waals surface area contributed by atoms with Gasteiger partial charge < -0.3 is 21.5 Å². The van der Waals surface area contributed by atoms with Gasteiger partial charge in [-0.3, -0.25) is 9.79 Å². The number of aliphatic carboxylic acids is 1. The van der Waals surface area contributed by atoms with Crippen LogP contribution < -0.4 is 11.5 Å². The Morgan fingerprint density at radius 2 is 2.14 bits per heavy atom. The number of nitrogens with two attached hydrogens (primary N) is 2. The Balaban J connectivity index is 2.71. The van der Waals surface area contributed by atoms with Crippen LogP contribution in [0.25, 0.3) is 0 Å². The molecule has 0 bridgehead atoms. The monoisotopic (exact) mass is 324 g/mol. The van der Waals surface area contributed by atoms with Crippen LogP contribution in [0.15, 0.2) is 4.99 Å². The van der Waals surface area contributed by atoms with Crippen molar-refractivity contribution < 1.29 is 27.0 Å². The number of carbonyl (C=O) groups is 2. The van der Waals surface area contributed by atoms with E-state index in [1.54, 1.807) is 0 Å². The van der Waals surface area contributed by atoms with Crippen LogP contribution in [0.5, 0.6) is 0 Å². The number of hydrogen-bond donors (Lipinski definition) is 3. The number of likely N-dealkylation sites (tertiary alicyclic amines) is 1. The van der Waals surface area contributed by atoms with Gasteiger partial charge in [0.15, 0.2) is 5.96 Å². The number of halogens is 1. The molecule has 2 atom stereocenters. The molecule has 21 heavy (non-hydrogen) atoms. The van der Waals surface area contributed by atoms with E-state index in [0.29, 0.717) is 0 Å². The van der Waals surface area contributed by atoms with E-state index in [-0.39, 0.29) is 25.3 Å². The molecule has 0 aromatic rings. The fourth-order valence-electron chi connectivity index (χ4n) is 2.09. The summed E-state index contributed by atoms with van der Waals surface area (Å²) in [7, 11) is -4.87. The molecule has 0 aromatic heterocycles. The van der Waals surface area contributed by atoms with Gasteiger partial charge in [0.2, 0.25) is 5.91 Å². The number of carbonyl (C=O) groups excluding carboxylic acids is 1. The lowest BCUT2D eigenvalue weighted by atomic mass is 10.1. The minimum absolute atomic E-state index is 0.0386. The average molecular weight is 324 g/mol. The Morgan fingerprint density at radius 1 is 1.52 bits per heavy atom. The summed E-state index contributed by atoms with van der Waals surface area (Å²) in [5, 5.41) is 7.62. The molecule has 0 aromatic carbocycles. The number of guanidine groups is 1. The highest BCUT2D eigenvalue weighted by atomic mass is 32.3. The van der Waals surface area contributed by atoms with Crippen molar-refractivity contribution in [3.05, 3.63) is 0 Å². The minimum atomic E-state index is -4.87. The first-order chi connectivity index (χ1) is 9.62. The largest absolute Gasteiger partial charge is 0.480 e. The van der Waals surface area contributed by atoms with Crippen LogP contribution in [0.2, 0.25) is 0 Å². The molecule has 5 N–H and O–H groups in total. The van der Waals surface area contributed by atoms with Gasteiger partial charge in [0.05, 0.1) is 0 Å². The molecule has 0 radical (unpaired) electrons. The van der Waals surface area contributed by atoms with Crippen LogP contribution in [0, 0.1) is 0 Å². The van der Waals surface area contributed by atoms with E-state index in [4.69, 9.17) is 16.6 Å². The number of carboxylic acids is 1. The van der Waals surface area contributed by atoms with E-state index in [2.05, 4.69) is 4.99 Å². The number of amides is 1. The van der Waals surface area contributed by atoms with Crippen LogP contribution >= 0.6 is 0 Å². The molecule has 1 fully saturated rings. The third-order valence-electron chi connectivity index (χ3n) is 3.11. The molecule has 1 saturated heterocycles. The lowest BCUT2D eigenvalue weighted by Crippen LogP contribution is -2.43. The quantitative estimate of drug-likeness (QED) is 0.220. The van der Waals surface area contributed by atoms with Gasteiger partial charge in [-0.2, -0.15) is 8.42 Å². The maximum absolute atomic E-state index is 12.9. The van der Waals surface area contributed by atoms with Crippen molar-refractivity contribution in [3.63, 3.8) is 0 Å².